The van der Waals surface area contributed by atoms with Crippen LogP contribution in [0.2, 0.25) is 0 Å². The maximum Gasteiger partial charge on any atom is 1.00 e. The van der Waals surface area contributed by atoms with E-state index in [0.717, 1.165) is 31.5 Å². The number of halogens is 4. The SMILES string of the molecule is C.CN1CCN(C)C1(Cl)Cl.CN1CC[N+](C)=C1Cl.O.[Cl-].[K+]. The van der Waals surface area contributed by atoms with Gasteiger partial charge in [0.2, 0.25) is 4.58 Å². The van der Waals surface area contributed by atoms with E-state index in [9.17, 15) is 0 Å². The van der Waals surface area contributed by atoms with Gasteiger partial charge in [0.05, 0.1) is 14.1 Å². The molecule has 10 heteroatoms. The normalized spacial score (nSPS) is 20.4. The van der Waals surface area contributed by atoms with E-state index in [-0.39, 0.29) is 76.7 Å². The van der Waals surface area contributed by atoms with Crippen LogP contribution in [0, 0.1) is 0 Å². The molecule has 2 aliphatic rings. The zero-order valence-electron chi connectivity index (χ0n) is 12.6. The number of nitrogens with zero attached hydrogens (tertiary/aromatic N) is 4. The van der Waals surface area contributed by atoms with Crippen LogP contribution < -0.4 is 63.8 Å². The third-order valence-electron chi connectivity index (χ3n) is 3.09. The summed E-state index contributed by atoms with van der Waals surface area (Å²) < 4.78 is 1.25. The fourth-order valence-electron chi connectivity index (χ4n) is 1.64. The van der Waals surface area contributed by atoms with Gasteiger partial charge < -0.3 is 17.9 Å². The summed E-state index contributed by atoms with van der Waals surface area (Å²) in [6.07, 6.45) is 0. The Bertz CT molecular complexity index is 309. The summed E-state index contributed by atoms with van der Waals surface area (Å²) in [5, 5.41) is 0.852. The van der Waals surface area contributed by atoms with Crippen LogP contribution in [0.25, 0.3) is 0 Å². The molecule has 0 radical (unpaired) electrons. The van der Waals surface area contributed by atoms with E-state index in [0.29, 0.717) is 0 Å². The molecule has 0 aromatic rings. The van der Waals surface area contributed by atoms with Crippen LogP contribution >= 0.6 is 34.8 Å². The average molecular weight is 411 g/mol. The minimum Gasteiger partial charge on any atom is -1.00 e. The molecule has 0 saturated carbocycles. The second-order valence-corrected chi connectivity index (χ2v) is 6.05. The standard InChI is InChI=1S/C5H10Cl2N2.C5H10ClN2.CH4.ClH.K.H2O/c1-8-3-4-9(2)5(8,6)7;1-7-3-4-8(2)5(7)6;;;;/h3-4H2,1-2H3;3-4H2,1-2H3;1H4;1H;;1H2/q;+1;;;+1;/p-1. The van der Waals surface area contributed by atoms with Crippen molar-refractivity contribution in [2.75, 3.05) is 54.4 Å². The van der Waals surface area contributed by atoms with Crippen LogP contribution in [0.4, 0.5) is 0 Å². The van der Waals surface area contributed by atoms with E-state index in [2.05, 4.69) is 0 Å². The molecule has 2 aliphatic heterocycles. The van der Waals surface area contributed by atoms with Crippen molar-refractivity contribution in [3.8, 4) is 0 Å². The molecule has 2 rings (SSSR count). The molecule has 0 amide bonds. The molecule has 2 N–H and O–H groups in total. The number of likely N-dealkylation sites (N-methyl/N-ethyl adjacent to an activating group) is 4. The fraction of sp³-hybridized carbons (Fsp3) is 0.909. The van der Waals surface area contributed by atoms with Gasteiger partial charge in [-0.25, -0.2) is 0 Å². The Morgan fingerprint density at radius 2 is 1.43 bits per heavy atom. The fourth-order valence-corrected chi connectivity index (χ4v) is 2.14. The van der Waals surface area contributed by atoms with Gasteiger partial charge in [0.1, 0.15) is 13.1 Å². The second kappa shape index (κ2) is 13.4. The summed E-state index contributed by atoms with van der Waals surface area (Å²) in [7, 11) is 7.80. The van der Waals surface area contributed by atoms with E-state index < -0.39 is 4.58 Å². The molecule has 1 saturated heterocycles. The van der Waals surface area contributed by atoms with Crippen molar-refractivity contribution >= 4 is 40.1 Å². The summed E-state index contributed by atoms with van der Waals surface area (Å²) in [6.45, 7) is 3.97. The number of alkyl halides is 2. The number of hydrogen-bond acceptors (Lipinski definition) is 3. The summed E-state index contributed by atoms with van der Waals surface area (Å²) in [5.74, 6) is 0. The minimum absolute atomic E-state index is 0. The molecule has 0 aromatic heterocycles. The van der Waals surface area contributed by atoms with Crippen LogP contribution in [-0.4, -0.2) is 89.0 Å². The van der Waals surface area contributed by atoms with Gasteiger partial charge in [-0.15, -0.1) is 0 Å². The molecule has 0 unspecified atom stereocenters. The van der Waals surface area contributed by atoms with E-state index in [1.807, 2.05) is 47.5 Å². The minimum atomic E-state index is -0.778. The molecule has 1 fully saturated rings. The number of rotatable bonds is 0. The van der Waals surface area contributed by atoms with Gasteiger partial charge in [0.25, 0.3) is 0 Å². The first-order valence-corrected chi connectivity index (χ1v) is 6.65. The van der Waals surface area contributed by atoms with Crippen molar-refractivity contribution in [1.29, 1.82) is 0 Å². The van der Waals surface area contributed by atoms with Gasteiger partial charge in [-0.05, 0) is 14.1 Å². The summed E-state index contributed by atoms with van der Waals surface area (Å²) in [6, 6.07) is 0. The van der Waals surface area contributed by atoms with Gasteiger partial charge in [-0.3, -0.25) is 19.3 Å². The van der Waals surface area contributed by atoms with Gasteiger partial charge in [0.15, 0.2) is 0 Å². The van der Waals surface area contributed by atoms with Crippen molar-refractivity contribution in [1.82, 2.24) is 14.7 Å². The predicted molar refractivity (Wildman–Crippen MR) is 84.6 cm³/mol. The van der Waals surface area contributed by atoms with Crippen molar-refractivity contribution < 1.29 is 73.8 Å². The molecule has 0 atom stereocenters. The molecule has 124 valence electrons. The first kappa shape index (κ1) is 31.0. The van der Waals surface area contributed by atoms with Crippen LogP contribution in [0.15, 0.2) is 0 Å². The van der Waals surface area contributed by atoms with Crippen LogP contribution in [-0.2, 0) is 0 Å². The maximum absolute atomic E-state index is 5.89. The number of amidine groups is 1. The summed E-state index contributed by atoms with van der Waals surface area (Å²) >= 11 is 17.6. The van der Waals surface area contributed by atoms with E-state index in [1.54, 1.807) is 0 Å². The van der Waals surface area contributed by atoms with Gasteiger partial charge in [-0.1, -0.05) is 30.6 Å². The Labute approximate surface area is 192 Å². The Morgan fingerprint density at radius 3 is 1.52 bits per heavy atom. The van der Waals surface area contributed by atoms with E-state index in [1.165, 1.54) is 0 Å². The predicted octanol–water partition coefficient (Wildman–Crippen LogP) is -5.06. The molecule has 0 bridgehead atoms. The quantitative estimate of drug-likeness (QED) is 0.174. The second-order valence-electron chi connectivity index (χ2n) is 4.46. The van der Waals surface area contributed by atoms with Crippen LogP contribution in [0.3, 0.4) is 0 Å². The van der Waals surface area contributed by atoms with E-state index >= 15 is 0 Å². The van der Waals surface area contributed by atoms with E-state index in [4.69, 9.17) is 34.8 Å². The molecule has 0 aromatic carbocycles. The van der Waals surface area contributed by atoms with Gasteiger partial charge in [0, 0.05) is 24.7 Å². The summed E-state index contributed by atoms with van der Waals surface area (Å²) in [5.41, 5.74) is 0. The monoisotopic (exact) mass is 409 g/mol. The first-order chi connectivity index (χ1) is 7.76. The van der Waals surface area contributed by atoms with Gasteiger partial charge in [-0.2, -0.15) is 0 Å². The third-order valence-corrected chi connectivity index (χ3v) is 4.82. The molecule has 0 aliphatic carbocycles. The van der Waals surface area contributed by atoms with Crippen molar-refractivity contribution in [2.24, 2.45) is 0 Å². The zero-order chi connectivity index (χ0) is 13.2. The van der Waals surface area contributed by atoms with Crippen LogP contribution in [0.5, 0.6) is 0 Å². The molecule has 0 spiro atoms. The maximum atomic E-state index is 5.89. The smallest absolute Gasteiger partial charge is 1.00 e. The largest absolute Gasteiger partial charge is 1.00 e. The molecular weight excluding hydrogens is 385 g/mol. The average Bonchev–Trinajstić information content (AvgIpc) is 2.68. The molecule has 2 heterocycles. The Morgan fingerprint density at radius 1 is 1.05 bits per heavy atom. The Balaban J connectivity index is -0.000000116. The van der Waals surface area contributed by atoms with Crippen molar-refractivity contribution in [2.45, 2.75) is 12.0 Å². The van der Waals surface area contributed by atoms with Gasteiger partial charge >= 0.3 is 56.7 Å². The van der Waals surface area contributed by atoms with Crippen molar-refractivity contribution in [3.05, 3.63) is 0 Å². The molecule has 21 heavy (non-hydrogen) atoms. The first-order valence-electron chi connectivity index (χ1n) is 5.52. The summed E-state index contributed by atoms with van der Waals surface area (Å²) in [4.78, 5) is 5.83. The number of hydrogen-bond donors (Lipinski definition) is 0. The topological polar surface area (TPSA) is 44.2 Å². The Kier molecular flexibility index (Phi) is 19.8. The van der Waals surface area contributed by atoms with Crippen molar-refractivity contribution in [3.63, 3.8) is 0 Å². The zero-order valence-corrected chi connectivity index (χ0v) is 18.8. The third kappa shape index (κ3) is 8.70. The molecular formula is C11H26Cl4KN4O+. The molecule has 5 nitrogen and oxygen atoms in total. The Hall–Kier alpha value is 2.15. The van der Waals surface area contributed by atoms with Crippen LogP contribution in [0.1, 0.15) is 7.43 Å².